The van der Waals surface area contributed by atoms with Gasteiger partial charge in [0.15, 0.2) is 0 Å². The molecule has 1 aliphatic carbocycles. The van der Waals surface area contributed by atoms with Crippen molar-refractivity contribution in [1.82, 2.24) is 4.90 Å². The SMILES string of the molecule is CC1CCN(C(=O)C2CC2C(=O)Nc2cccc(C#N)c2)CC1. The molecule has 0 bridgehead atoms. The van der Waals surface area contributed by atoms with Crippen LogP contribution in [0.1, 0.15) is 31.7 Å². The zero-order valence-electron chi connectivity index (χ0n) is 13.3. The standard InChI is InChI=1S/C18H21N3O2/c1-12-5-7-21(8-6-12)18(23)16-10-15(16)17(22)20-14-4-2-3-13(9-14)11-19/h2-4,9,12,15-16H,5-8,10H2,1H3,(H,20,22). The summed E-state index contributed by atoms with van der Waals surface area (Å²) in [5.41, 5.74) is 1.12. The summed E-state index contributed by atoms with van der Waals surface area (Å²) in [5.74, 6) is 0.298. The van der Waals surface area contributed by atoms with Gasteiger partial charge in [0.2, 0.25) is 11.8 Å². The normalized spacial score (nSPS) is 23.9. The lowest BCUT2D eigenvalue weighted by Crippen LogP contribution is -2.39. The summed E-state index contributed by atoms with van der Waals surface area (Å²) in [4.78, 5) is 26.6. The van der Waals surface area contributed by atoms with Crippen LogP contribution in [-0.2, 0) is 9.59 Å². The Kier molecular flexibility index (Phi) is 4.33. The van der Waals surface area contributed by atoms with Crippen molar-refractivity contribution in [1.29, 1.82) is 5.26 Å². The van der Waals surface area contributed by atoms with E-state index in [-0.39, 0.29) is 23.7 Å². The molecular weight excluding hydrogens is 290 g/mol. The number of amides is 2. The van der Waals surface area contributed by atoms with Crippen molar-refractivity contribution in [3.8, 4) is 6.07 Å². The highest BCUT2D eigenvalue weighted by atomic mass is 16.2. The number of likely N-dealkylation sites (tertiary alicyclic amines) is 1. The number of carbonyl (C=O) groups excluding carboxylic acids is 2. The largest absolute Gasteiger partial charge is 0.342 e. The fraction of sp³-hybridized carbons (Fsp3) is 0.500. The van der Waals surface area contributed by atoms with Crippen LogP contribution in [0, 0.1) is 29.1 Å². The van der Waals surface area contributed by atoms with E-state index in [0.29, 0.717) is 23.6 Å². The van der Waals surface area contributed by atoms with Gasteiger partial charge in [0.25, 0.3) is 0 Å². The molecule has 0 radical (unpaired) electrons. The van der Waals surface area contributed by atoms with Crippen LogP contribution in [0.3, 0.4) is 0 Å². The Morgan fingerprint density at radius 3 is 2.70 bits per heavy atom. The Morgan fingerprint density at radius 2 is 2.00 bits per heavy atom. The van der Waals surface area contributed by atoms with E-state index < -0.39 is 0 Å². The van der Waals surface area contributed by atoms with Gasteiger partial charge in [0.05, 0.1) is 23.5 Å². The van der Waals surface area contributed by atoms with Gasteiger partial charge in [-0.05, 0) is 43.4 Å². The average molecular weight is 311 g/mol. The van der Waals surface area contributed by atoms with E-state index in [2.05, 4.69) is 12.2 Å². The van der Waals surface area contributed by atoms with E-state index >= 15 is 0 Å². The molecule has 3 rings (SSSR count). The molecule has 1 aromatic rings. The first-order chi connectivity index (χ1) is 11.1. The van der Waals surface area contributed by atoms with Crippen molar-refractivity contribution in [3.05, 3.63) is 29.8 Å². The molecular formula is C18H21N3O2. The first kappa shape index (κ1) is 15.5. The zero-order valence-corrected chi connectivity index (χ0v) is 13.3. The molecule has 1 N–H and O–H groups in total. The number of piperidine rings is 1. The van der Waals surface area contributed by atoms with Crippen LogP contribution in [0.15, 0.2) is 24.3 Å². The number of nitriles is 1. The lowest BCUT2D eigenvalue weighted by atomic mass is 9.99. The first-order valence-corrected chi connectivity index (χ1v) is 8.18. The molecule has 2 fully saturated rings. The van der Waals surface area contributed by atoms with Gasteiger partial charge in [0, 0.05) is 18.8 Å². The van der Waals surface area contributed by atoms with Gasteiger partial charge in [-0.15, -0.1) is 0 Å². The molecule has 23 heavy (non-hydrogen) atoms. The predicted molar refractivity (Wildman–Crippen MR) is 86.4 cm³/mol. The quantitative estimate of drug-likeness (QED) is 0.931. The topological polar surface area (TPSA) is 73.2 Å². The van der Waals surface area contributed by atoms with E-state index in [4.69, 9.17) is 5.26 Å². The van der Waals surface area contributed by atoms with Crippen LogP contribution in [0.5, 0.6) is 0 Å². The average Bonchev–Trinajstić information content (AvgIpc) is 3.36. The number of nitrogens with zero attached hydrogens (tertiary/aromatic N) is 2. The Morgan fingerprint density at radius 1 is 1.26 bits per heavy atom. The number of hydrogen-bond acceptors (Lipinski definition) is 3. The summed E-state index contributed by atoms with van der Waals surface area (Å²) in [6, 6.07) is 8.87. The molecule has 1 saturated carbocycles. The summed E-state index contributed by atoms with van der Waals surface area (Å²) < 4.78 is 0. The Labute approximate surface area is 136 Å². The fourth-order valence-corrected chi connectivity index (χ4v) is 3.12. The van der Waals surface area contributed by atoms with Crippen LogP contribution < -0.4 is 5.32 Å². The summed E-state index contributed by atoms with van der Waals surface area (Å²) in [7, 11) is 0. The van der Waals surface area contributed by atoms with Crippen LogP contribution in [-0.4, -0.2) is 29.8 Å². The molecule has 2 aliphatic rings. The lowest BCUT2D eigenvalue weighted by molar-refractivity contribution is -0.135. The van der Waals surface area contributed by atoms with E-state index in [1.807, 2.05) is 11.0 Å². The summed E-state index contributed by atoms with van der Waals surface area (Å²) in [6.45, 7) is 3.84. The van der Waals surface area contributed by atoms with Crippen molar-refractivity contribution in [2.45, 2.75) is 26.2 Å². The van der Waals surface area contributed by atoms with Crippen LogP contribution >= 0.6 is 0 Å². The van der Waals surface area contributed by atoms with Crippen molar-refractivity contribution in [3.63, 3.8) is 0 Å². The molecule has 2 amide bonds. The van der Waals surface area contributed by atoms with E-state index in [1.54, 1.807) is 24.3 Å². The van der Waals surface area contributed by atoms with Gasteiger partial charge in [-0.25, -0.2) is 0 Å². The van der Waals surface area contributed by atoms with Crippen LogP contribution in [0.25, 0.3) is 0 Å². The number of benzene rings is 1. The van der Waals surface area contributed by atoms with E-state index in [0.717, 1.165) is 25.9 Å². The maximum Gasteiger partial charge on any atom is 0.228 e. The zero-order chi connectivity index (χ0) is 16.4. The molecule has 5 heteroatoms. The van der Waals surface area contributed by atoms with Gasteiger partial charge in [0.1, 0.15) is 0 Å². The molecule has 1 heterocycles. The monoisotopic (exact) mass is 311 g/mol. The maximum atomic E-state index is 12.4. The molecule has 0 spiro atoms. The third-order valence-corrected chi connectivity index (χ3v) is 4.80. The van der Waals surface area contributed by atoms with Crippen molar-refractivity contribution in [2.24, 2.45) is 17.8 Å². The minimum atomic E-state index is -0.229. The number of anilines is 1. The molecule has 0 aromatic heterocycles. The number of rotatable bonds is 3. The third-order valence-electron chi connectivity index (χ3n) is 4.80. The van der Waals surface area contributed by atoms with Gasteiger partial charge >= 0.3 is 0 Å². The van der Waals surface area contributed by atoms with Crippen molar-refractivity contribution < 1.29 is 9.59 Å². The second-order valence-corrected chi connectivity index (χ2v) is 6.64. The molecule has 1 aromatic carbocycles. The fourth-order valence-electron chi connectivity index (χ4n) is 3.12. The summed E-state index contributed by atoms with van der Waals surface area (Å²) in [6.07, 6.45) is 2.74. The van der Waals surface area contributed by atoms with Gasteiger partial charge in [-0.1, -0.05) is 13.0 Å². The van der Waals surface area contributed by atoms with Crippen LogP contribution in [0.2, 0.25) is 0 Å². The minimum absolute atomic E-state index is 0.121. The van der Waals surface area contributed by atoms with E-state index in [9.17, 15) is 9.59 Å². The highest BCUT2D eigenvalue weighted by molar-refractivity contribution is 5.99. The highest BCUT2D eigenvalue weighted by Crippen LogP contribution is 2.41. The second kappa shape index (κ2) is 6.41. The van der Waals surface area contributed by atoms with Crippen molar-refractivity contribution >= 4 is 17.5 Å². The minimum Gasteiger partial charge on any atom is -0.342 e. The third kappa shape index (κ3) is 3.53. The molecule has 2 unspecified atom stereocenters. The maximum absolute atomic E-state index is 12.4. The second-order valence-electron chi connectivity index (χ2n) is 6.64. The Bertz CT molecular complexity index is 656. The lowest BCUT2D eigenvalue weighted by Gasteiger charge is -2.30. The molecule has 120 valence electrons. The Hall–Kier alpha value is -2.35. The van der Waals surface area contributed by atoms with Crippen LogP contribution in [0.4, 0.5) is 5.69 Å². The van der Waals surface area contributed by atoms with Gasteiger partial charge in [-0.2, -0.15) is 5.26 Å². The Balaban J connectivity index is 1.54. The molecule has 2 atom stereocenters. The number of carbonyl (C=O) groups is 2. The predicted octanol–water partition coefficient (Wildman–Crippen LogP) is 2.39. The number of nitrogens with one attached hydrogen (secondary N) is 1. The summed E-state index contributed by atoms with van der Waals surface area (Å²) >= 11 is 0. The van der Waals surface area contributed by atoms with Gasteiger partial charge < -0.3 is 10.2 Å². The van der Waals surface area contributed by atoms with E-state index in [1.165, 1.54) is 0 Å². The first-order valence-electron chi connectivity index (χ1n) is 8.18. The summed E-state index contributed by atoms with van der Waals surface area (Å²) in [5, 5.41) is 11.7. The number of hydrogen-bond donors (Lipinski definition) is 1. The smallest absolute Gasteiger partial charge is 0.228 e. The van der Waals surface area contributed by atoms with Crippen molar-refractivity contribution in [2.75, 3.05) is 18.4 Å². The molecule has 5 nitrogen and oxygen atoms in total. The molecule has 1 saturated heterocycles. The molecule has 1 aliphatic heterocycles. The van der Waals surface area contributed by atoms with Gasteiger partial charge in [-0.3, -0.25) is 9.59 Å². The highest BCUT2D eigenvalue weighted by Gasteiger charge is 2.49.